The molecule has 3 heterocycles. The molecule has 0 radical (unpaired) electrons. The average molecular weight is 382 g/mol. The number of piperidine rings is 1. The van der Waals surface area contributed by atoms with Crippen LogP contribution in [-0.2, 0) is 4.74 Å². The molecular weight excluding hydrogens is 358 g/mol. The Morgan fingerprint density at radius 1 is 1.30 bits per heavy atom. The molecule has 9 heteroatoms. The highest BCUT2D eigenvalue weighted by molar-refractivity contribution is 5.68. The summed E-state index contributed by atoms with van der Waals surface area (Å²) in [5, 5.41) is 4.27. The fourth-order valence-corrected chi connectivity index (χ4v) is 3.10. The number of carbonyl (C=O) groups is 1. The highest BCUT2D eigenvalue weighted by Crippen LogP contribution is 2.31. The van der Waals surface area contributed by atoms with Crippen molar-refractivity contribution in [3.8, 4) is 5.75 Å². The fourth-order valence-electron chi connectivity index (χ4n) is 3.10. The molecule has 1 aliphatic heterocycles. The van der Waals surface area contributed by atoms with E-state index in [0.717, 1.165) is 18.4 Å². The molecule has 0 aromatic carbocycles. The van der Waals surface area contributed by atoms with Crippen molar-refractivity contribution in [2.75, 3.05) is 19.7 Å². The zero-order chi connectivity index (χ0) is 19.6. The van der Waals surface area contributed by atoms with Gasteiger partial charge in [0.1, 0.15) is 12.2 Å². The first-order valence-corrected chi connectivity index (χ1v) is 8.95. The summed E-state index contributed by atoms with van der Waals surface area (Å²) in [4.78, 5) is 18.2. The van der Waals surface area contributed by atoms with Crippen LogP contribution in [-0.4, -0.2) is 57.3 Å². The maximum Gasteiger partial charge on any atom is 0.410 e. The molecule has 0 N–H and O–H groups in total. The topological polar surface area (TPSA) is 69.0 Å². The van der Waals surface area contributed by atoms with Gasteiger partial charge in [-0.3, -0.25) is 0 Å². The smallest absolute Gasteiger partial charge is 0.410 e. The number of hydrogen-bond acceptors (Lipinski definition) is 5. The number of fused-ring (bicyclic) bond motifs is 1. The quantitative estimate of drug-likeness (QED) is 0.810. The Hall–Kier alpha value is -2.45. The number of amides is 1. The minimum Gasteiger partial charge on any atom is -0.484 e. The standard InChI is InChI=1S/C18H24F2N4O3/c1-18(2,3)27-17(25)23-6-4-12(5-7-23)14-9-22-24-10-13(8-21-16(14)24)26-11-15(19)20/h8-10,12,15H,4-7,11H2,1-3H3. The lowest BCUT2D eigenvalue weighted by Crippen LogP contribution is -2.41. The van der Waals surface area contributed by atoms with Crippen LogP contribution >= 0.6 is 0 Å². The minimum atomic E-state index is -2.54. The first-order chi connectivity index (χ1) is 12.7. The van der Waals surface area contributed by atoms with Crippen LogP contribution in [0.2, 0.25) is 0 Å². The van der Waals surface area contributed by atoms with Gasteiger partial charge < -0.3 is 14.4 Å². The van der Waals surface area contributed by atoms with E-state index in [4.69, 9.17) is 9.47 Å². The molecule has 148 valence electrons. The summed E-state index contributed by atoms with van der Waals surface area (Å²) in [6, 6.07) is 0. The van der Waals surface area contributed by atoms with Crippen molar-refractivity contribution in [2.24, 2.45) is 0 Å². The van der Waals surface area contributed by atoms with Crippen molar-refractivity contribution in [3.63, 3.8) is 0 Å². The molecule has 0 aliphatic carbocycles. The highest BCUT2D eigenvalue weighted by atomic mass is 19.3. The zero-order valence-corrected chi connectivity index (χ0v) is 15.7. The van der Waals surface area contributed by atoms with E-state index in [1.807, 2.05) is 20.8 Å². The molecule has 27 heavy (non-hydrogen) atoms. The molecule has 0 unspecified atom stereocenters. The molecule has 0 bridgehead atoms. The number of aromatic nitrogens is 3. The second kappa shape index (κ2) is 7.66. The van der Waals surface area contributed by atoms with Crippen molar-refractivity contribution in [2.45, 2.75) is 51.6 Å². The highest BCUT2D eigenvalue weighted by Gasteiger charge is 2.29. The molecule has 1 amide bonds. The number of halogens is 2. The van der Waals surface area contributed by atoms with Gasteiger partial charge in [0.15, 0.2) is 11.4 Å². The van der Waals surface area contributed by atoms with Crippen molar-refractivity contribution in [1.82, 2.24) is 19.5 Å². The van der Waals surface area contributed by atoms with Crippen LogP contribution in [0, 0.1) is 0 Å². The van der Waals surface area contributed by atoms with Crippen LogP contribution in [0.5, 0.6) is 5.75 Å². The Balaban J connectivity index is 1.64. The normalized spacial score (nSPS) is 16.1. The number of alkyl halides is 2. The Bertz CT molecular complexity index is 795. The molecule has 1 saturated heterocycles. The van der Waals surface area contributed by atoms with Crippen molar-refractivity contribution >= 4 is 11.7 Å². The van der Waals surface area contributed by atoms with E-state index in [2.05, 4.69) is 10.1 Å². The summed E-state index contributed by atoms with van der Waals surface area (Å²) in [6.07, 6.45) is 3.46. The van der Waals surface area contributed by atoms with E-state index in [1.165, 1.54) is 10.7 Å². The molecule has 1 aliphatic rings. The monoisotopic (exact) mass is 382 g/mol. The SMILES string of the molecule is CC(C)(C)OC(=O)N1CCC(c2cnn3cc(OCC(F)F)cnc23)CC1. The van der Waals surface area contributed by atoms with Crippen LogP contribution < -0.4 is 4.74 Å². The Labute approximate surface area is 156 Å². The Kier molecular flexibility index (Phi) is 5.48. The van der Waals surface area contributed by atoms with E-state index in [1.54, 1.807) is 17.3 Å². The number of hydrogen-bond donors (Lipinski definition) is 0. The molecular formula is C18H24F2N4O3. The van der Waals surface area contributed by atoms with Gasteiger partial charge >= 0.3 is 6.09 Å². The maximum atomic E-state index is 12.3. The molecule has 1 fully saturated rings. The number of ether oxygens (including phenoxy) is 2. The van der Waals surface area contributed by atoms with Gasteiger partial charge in [0.25, 0.3) is 6.43 Å². The van der Waals surface area contributed by atoms with Gasteiger partial charge in [-0.05, 0) is 39.5 Å². The van der Waals surface area contributed by atoms with Crippen molar-refractivity contribution < 1.29 is 23.0 Å². The third kappa shape index (κ3) is 4.84. The predicted octanol–water partition coefficient (Wildman–Crippen LogP) is 3.49. The van der Waals surface area contributed by atoms with Crippen molar-refractivity contribution in [3.05, 3.63) is 24.2 Å². The first kappa shape index (κ1) is 19.3. The molecule has 3 rings (SSSR count). The predicted molar refractivity (Wildman–Crippen MR) is 94.3 cm³/mol. The summed E-state index contributed by atoms with van der Waals surface area (Å²) in [6.45, 7) is 6.08. The second-order valence-corrected chi connectivity index (χ2v) is 7.60. The van der Waals surface area contributed by atoms with Gasteiger partial charge in [0, 0.05) is 18.7 Å². The number of rotatable bonds is 4. The van der Waals surface area contributed by atoms with Gasteiger partial charge in [-0.2, -0.15) is 5.10 Å². The Morgan fingerprint density at radius 3 is 2.63 bits per heavy atom. The van der Waals surface area contributed by atoms with Crippen LogP contribution in [0.3, 0.4) is 0 Å². The Morgan fingerprint density at radius 2 is 2.00 bits per heavy atom. The van der Waals surface area contributed by atoms with Crippen molar-refractivity contribution in [1.29, 1.82) is 0 Å². The van der Waals surface area contributed by atoms with Gasteiger partial charge in [0.2, 0.25) is 0 Å². The van der Waals surface area contributed by atoms with Gasteiger partial charge in [-0.1, -0.05) is 0 Å². The van der Waals surface area contributed by atoms with Crippen LogP contribution in [0.4, 0.5) is 13.6 Å². The molecule has 0 atom stereocenters. The molecule has 0 saturated carbocycles. The number of carbonyl (C=O) groups excluding carboxylic acids is 1. The summed E-state index contributed by atoms with van der Waals surface area (Å²) < 4.78 is 36.4. The zero-order valence-electron chi connectivity index (χ0n) is 15.7. The molecule has 7 nitrogen and oxygen atoms in total. The lowest BCUT2D eigenvalue weighted by atomic mass is 9.91. The van der Waals surface area contributed by atoms with E-state index in [9.17, 15) is 13.6 Å². The minimum absolute atomic E-state index is 0.224. The molecule has 2 aromatic rings. The van der Waals surface area contributed by atoms with E-state index >= 15 is 0 Å². The first-order valence-electron chi connectivity index (χ1n) is 8.95. The number of likely N-dealkylation sites (tertiary alicyclic amines) is 1. The average Bonchev–Trinajstić information content (AvgIpc) is 3.01. The largest absolute Gasteiger partial charge is 0.484 e. The van der Waals surface area contributed by atoms with Crippen LogP contribution in [0.25, 0.3) is 5.65 Å². The van der Waals surface area contributed by atoms with Crippen LogP contribution in [0.1, 0.15) is 45.1 Å². The fraction of sp³-hybridized carbons (Fsp3) is 0.611. The van der Waals surface area contributed by atoms with Crippen LogP contribution in [0.15, 0.2) is 18.6 Å². The van der Waals surface area contributed by atoms with Gasteiger partial charge in [-0.15, -0.1) is 0 Å². The molecule has 2 aromatic heterocycles. The summed E-state index contributed by atoms with van der Waals surface area (Å²) in [5.74, 6) is 0.471. The lowest BCUT2D eigenvalue weighted by molar-refractivity contribution is 0.0205. The van der Waals surface area contributed by atoms with Gasteiger partial charge in [-0.25, -0.2) is 23.1 Å². The van der Waals surface area contributed by atoms with E-state index in [0.29, 0.717) is 18.7 Å². The van der Waals surface area contributed by atoms with Gasteiger partial charge in [0.05, 0.1) is 18.6 Å². The second-order valence-electron chi connectivity index (χ2n) is 7.60. The van der Waals surface area contributed by atoms with E-state index < -0.39 is 18.6 Å². The lowest BCUT2D eigenvalue weighted by Gasteiger charge is -2.33. The third-order valence-corrected chi connectivity index (χ3v) is 4.32. The van der Waals surface area contributed by atoms with E-state index in [-0.39, 0.29) is 17.8 Å². The molecule has 0 spiro atoms. The maximum absolute atomic E-state index is 12.3. The summed E-state index contributed by atoms with van der Waals surface area (Å²) >= 11 is 0. The number of nitrogens with zero attached hydrogens (tertiary/aromatic N) is 4. The third-order valence-electron chi connectivity index (χ3n) is 4.32. The summed E-state index contributed by atoms with van der Waals surface area (Å²) in [5.41, 5.74) is 1.15. The summed E-state index contributed by atoms with van der Waals surface area (Å²) in [7, 11) is 0.